The van der Waals surface area contributed by atoms with Gasteiger partial charge in [-0.25, -0.2) is 4.98 Å². The molecular formula is C16H11ClN4O3S. The number of pyridine rings is 1. The van der Waals surface area contributed by atoms with Crippen molar-refractivity contribution in [2.45, 2.75) is 6.54 Å². The van der Waals surface area contributed by atoms with Crippen LogP contribution in [0.25, 0.3) is 10.6 Å². The summed E-state index contributed by atoms with van der Waals surface area (Å²) in [6.07, 6.45) is 3.38. The van der Waals surface area contributed by atoms with Crippen molar-refractivity contribution in [3.05, 3.63) is 74.5 Å². The minimum Gasteiger partial charge on any atom is -0.346 e. The third-order valence-electron chi connectivity index (χ3n) is 3.29. The van der Waals surface area contributed by atoms with Gasteiger partial charge in [-0.15, -0.1) is 11.3 Å². The summed E-state index contributed by atoms with van der Waals surface area (Å²) in [7, 11) is 0. The highest BCUT2D eigenvalue weighted by atomic mass is 35.5. The molecule has 0 saturated heterocycles. The standard InChI is InChI=1S/C16H11ClN4O3S/c17-11-3-4-13(14(6-11)21(23)24)15(22)19-8-12-9-25-16(20-12)10-2-1-5-18-7-10/h1-7,9H,8H2,(H,19,22). The van der Waals surface area contributed by atoms with Crippen molar-refractivity contribution in [1.82, 2.24) is 15.3 Å². The molecule has 7 nitrogen and oxygen atoms in total. The van der Waals surface area contributed by atoms with Gasteiger partial charge in [0.15, 0.2) is 0 Å². The van der Waals surface area contributed by atoms with E-state index in [1.54, 1.807) is 12.4 Å². The highest BCUT2D eigenvalue weighted by Gasteiger charge is 2.20. The first kappa shape index (κ1) is 17.0. The van der Waals surface area contributed by atoms with Gasteiger partial charge >= 0.3 is 0 Å². The number of hydrogen-bond acceptors (Lipinski definition) is 6. The van der Waals surface area contributed by atoms with E-state index < -0.39 is 10.8 Å². The van der Waals surface area contributed by atoms with E-state index in [-0.39, 0.29) is 22.8 Å². The van der Waals surface area contributed by atoms with Crippen molar-refractivity contribution in [3.8, 4) is 10.6 Å². The number of rotatable bonds is 5. The Morgan fingerprint density at radius 3 is 2.92 bits per heavy atom. The van der Waals surface area contributed by atoms with Gasteiger partial charge in [0, 0.05) is 34.4 Å². The second-order valence-corrected chi connectivity index (χ2v) is 6.28. The maximum absolute atomic E-state index is 12.2. The molecule has 1 amide bonds. The highest BCUT2D eigenvalue weighted by Crippen LogP contribution is 2.24. The quantitative estimate of drug-likeness (QED) is 0.542. The van der Waals surface area contributed by atoms with Crippen molar-refractivity contribution in [3.63, 3.8) is 0 Å². The number of thiazole rings is 1. The minimum atomic E-state index is -0.635. The molecule has 25 heavy (non-hydrogen) atoms. The maximum Gasteiger partial charge on any atom is 0.283 e. The summed E-state index contributed by atoms with van der Waals surface area (Å²) in [5.74, 6) is -0.556. The largest absolute Gasteiger partial charge is 0.346 e. The van der Waals surface area contributed by atoms with Crippen LogP contribution in [0.1, 0.15) is 16.1 Å². The fraction of sp³-hybridized carbons (Fsp3) is 0.0625. The SMILES string of the molecule is O=C(NCc1csc(-c2cccnc2)n1)c1ccc(Cl)cc1[N+](=O)[O-]. The zero-order valence-electron chi connectivity index (χ0n) is 12.7. The van der Waals surface area contributed by atoms with Gasteiger partial charge in [0.2, 0.25) is 0 Å². The van der Waals surface area contributed by atoms with Gasteiger partial charge in [-0.2, -0.15) is 0 Å². The van der Waals surface area contributed by atoms with E-state index in [0.717, 1.165) is 16.6 Å². The topological polar surface area (TPSA) is 98.0 Å². The van der Waals surface area contributed by atoms with Crippen LogP contribution in [0.2, 0.25) is 5.02 Å². The molecule has 1 N–H and O–H groups in total. The fourth-order valence-corrected chi connectivity index (χ4v) is 3.10. The maximum atomic E-state index is 12.2. The van der Waals surface area contributed by atoms with Crippen LogP contribution in [0.3, 0.4) is 0 Å². The molecule has 1 aromatic carbocycles. The Balaban J connectivity index is 1.71. The van der Waals surface area contributed by atoms with Gasteiger partial charge < -0.3 is 5.32 Å². The molecule has 126 valence electrons. The zero-order valence-corrected chi connectivity index (χ0v) is 14.3. The number of hydrogen-bond donors (Lipinski definition) is 1. The Hall–Kier alpha value is -2.84. The zero-order chi connectivity index (χ0) is 17.8. The average molecular weight is 375 g/mol. The minimum absolute atomic E-state index is 0.0443. The molecule has 3 rings (SSSR count). The Morgan fingerprint density at radius 1 is 1.36 bits per heavy atom. The summed E-state index contributed by atoms with van der Waals surface area (Å²) < 4.78 is 0. The predicted molar refractivity (Wildman–Crippen MR) is 94.6 cm³/mol. The predicted octanol–water partition coefficient (Wildman–Crippen LogP) is 3.70. The number of benzene rings is 1. The average Bonchev–Trinajstić information content (AvgIpc) is 3.09. The van der Waals surface area contributed by atoms with Crippen LogP contribution in [0.5, 0.6) is 0 Å². The molecule has 0 saturated carbocycles. The summed E-state index contributed by atoms with van der Waals surface area (Å²) in [5, 5.41) is 16.5. The van der Waals surface area contributed by atoms with E-state index in [1.165, 1.54) is 23.5 Å². The number of nitro groups is 1. The highest BCUT2D eigenvalue weighted by molar-refractivity contribution is 7.13. The normalized spacial score (nSPS) is 10.4. The number of nitrogens with zero attached hydrogens (tertiary/aromatic N) is 3. The Labute approximate surface area is 151 Å². The summed E-state index contributed by atoms with van der Waals surface area (Å²) in [6, 6.07) is 7.63. The number of amides is 1. The van der Waals surface area contributed by atoms with E-state index in [9.17, 15) is 14.9 Å². The molecule has 2 aromatic heterocycles. The van der Waals surface area contributed by atoms with Gasteiger partial charge in [-0.1, -0.05) is 11.6 Å². The molecule has 0 atom stereocenters. The van der Waals surface area contributed by atoms with Crippen molar-refractivity contribution in [2.75, 3.05) is 0 Å². The smallest absolute Gasteiger partial charge is 0.283 e. The van der Waals surface area contributed by atoms with Crippen molar-refractivity contribution < 1.29 is 9.72 Å². The number of halogens is 1. The van der Waals surface area contributed by atoms with Gasteiger partial charge in [0.05, 0.1) is 17.2 Å². The summed E-state index contributed by atoms with van der Waals surface area (Å²) in [6.45, 7) is 0.162. The first-order valence-corrected chi connectivity index (χ1v) is 8.37. The third kappa shape index (κ3) is 3.98. The lowest BCUT2D eigenvalue weighted by Crippen LogP contribution is -2.23. The lowest BCUT2D eigenvalue weighted by molar-refractivity contribution is -0.385. The number of aromatic nitrogens is 2. The molecule has 9 heteroatoms. The van der Waals surface area contributed by atoms with Gasteiger partial charge in [-0.3, -0.25) is 19.9 Å². The molecule has 0 unspecified atom stereocenters. The van der Waals surface area contributed by atoms with Gasteiger partial charge in [0.25, 0.3) is 11.6 Å². The molecule has 0 radical (unpaired) electrons. The van der Waals surface area contributed by atoms with Crippen molar-refractivity contribution >= 4 is 34.5 Å². The lowest BCUT2D eigenvalue weighted by atomic mass is 10.1. The summed E-state index contributed by atoms with van der Waals surface area (Å²) in [5.41, 5.74) is 1.17. The Kier molecular flexibility index (Phi) is 5.01. The molecular weight excluding hydrogens is 364 g/mol. The fourth-order valence-electron chi connectivity index (χ4n) is 2.12. The first-order chi connectivity index (χ1) is 12.0. The monoisotopic (exact) mass is 374 g/mol. The van der Waals surface area contributed by atoms with Crippen LogP contribution in [-0.4, -0.2) is 20.8 Å². The van der Waals surface area contributed by atoms with Crippen LogP contribution in [0.4, 0.5) is 5.69 Å². The van der Waals surface area contributed by atoms with Crippen molar-refractivity contribution in [1.29, 1.82) is 0 Å². The Morgan fingerprint density at radius 2 is 2.20 bits per heavy atom. The van der Waals surface area contributed by atoms with Crippen LogP contribution < -0.4 is 5.32 Å². The summed E-state index contributed by atoms with van der Waals surface area (Å²) in [4.78, 5) is 31.1. The second kappa shape index (κ2) is 7.37. The van der Waals surface area contributed by atoms with Crippen LogP contribution in [0, 0.1) is 10.1 Å². The molecule has 3 aromatic rings. The third-order valence-corrected chi connectivity index (χ3v) is 4.47. The number of nitrogens with one attached hydrogen (secondary N) is 1. The van der Waals surface area contributed by atoms with Crippen LogP contribution in [0.15, 0.2) is 48.1 Å². The Bertz CT molecular complexity index is 930. The first-order valence-electron chi connectivity index (χ1n) is 7.11. The molecule has 0 aliphatic rings. The van der Waals surface area contributed by atoms with Crippen molar-refractivity contribution in [2.24, 2.45) is 0 Å². The lowest BCUT2D eigenvalue weighted by Gasteiger charge is -2.04. The van der Waals surface area contributed by atoms with Gasteiger partial charge in [0.1, 0.15) is 10.6 Å². The summed E-state index contributed by atoms with van der Waals surface area (Å²) >= 11 is 7.18. The van der Waals surface area contributed by atoms with Gasteiger partial charge in [-0.05, 0) is 24.3 Å². The van der Waals surface area contributed by atoms with Crippen LogP contribution >= 0.6 is 22.9 Å². The molecule has 0 aliphatic carbocycles. The number of carbonyl (C=O) groups excluding carboxylic acids is 1. The van der Waals surface area contributed by atoms with E-state index in [2.05, 4.69) is 15.3 Å². The molecule has 0 fully saturated rings. The number of nitro benzene ring substituents is 1. The molecule has 2 heterocycles. The van der Waals surface area contributed by atoms with Crippen LogP contribution in [-0.2, 0) is 6.54 Å². The van der Waals surface area contributed by atoms with E-state index >= 15 is 0 Å². The number of carbonyl (C=O) groups is 1. The van der Waals surface area contributed by atoms with E-state index in [4.69, 9.17) is 11.6 Å². The van der Waals surface area contributed by atoms with E-state index in [1.807, 2.05) is 17.5 Å². The molecule has 0 spiro atoms. The molecule has 0 aliphatic heterocycles. The second-order valence-electron chi connectivity index (χ2n) is 4.99. The molecule has 0 bridgehead atoms. The van der Waals surface area contributed by atoms with E-state index in [0.29, 0.717) is 5.69 Å².